The van der Waals surface area contributed by atoms with E-state index in [0.29, 0.717) is 29.2 Å². The summed E-state index contributed by atoms with van der Waals surface area (Å²) in [6.07, 6.45) is 0. The summed E-state index contributed by atoms with van der Waals surface area (Å²) in [6, 6.07) is 27.9. The first-order valence-corrected chi connectivity index (χ1v) is 9.79. The third-order valence-electron chi connectivity index (χ3n) is 4.74. The van der Waals surface area contributed by atoms with E-state index in [0.717, 1.165) is 16.9 Å². The molecule has 1 aromatic heterocycles. The lowest BCUT2D eigenvalue weighted by Gasteiger charge is -2.10. The van der Waals surface area contributed by atoms with Gasteiger partial charge in [-0.1, -0.05) is 42.5 Å². The number of rotatable bonds is 6. The number of hydrogen-bond donors (Lipinski definition) is 3. The maximum absolute atomic E-state index is 12.7. The van der Waals surface area contributed by atoms with E-state index in [9.17, 15) is 4.79 Å². The highest BCUT2D eigenvalue weighted by atomic mass is 16.5. The number of carbonyl (C=O) groups is 1. The molecule has 6 heteroatoms. The van der Waals surface area contributed by atoms with Crippen molar-refractivity contribution >= 4 is 23.1 Å². The zero-order valence-corrected chi connectivity index (χ0v) is 16.8. The minimum Gasteiger partial charge on any atom is -0.489 e. The fraction of sp³-hybridized carbons (Fsp3) is 0.0400. The van der Waals surface area contributed by atoms with Crippen LogP contribution in [-0.4, -0.2) is 10.9 Å². The smallest absolute Gasteiger partial charge is 0.255 e. The number of pyridine rings is 1. The first kappa shape index (κ1) is 20.0. The average Bonchev–Trinajstić information content (AvgIpc) is 2.81. The van der Waals surface area contributed by atoms with E-state index >= 15 is 0 Å². The number of amides is 1. The summed E-state index contributed by atoms with van der Waals surface area (Å²) in [6.45, 7) is 0.489. The number of anilines is 3. The summed E-state index contributed by atoms with van der Waals surface area (Å²) in [5, 5.41) is 2.90. The van der Waals surface area contributed by atoms with Crippen LogP contribution in [0.2, 0.25) is 0 Å². The van der Waals surface area contributed by atoms with Crippen LogP contribution in [0.1, 0.15) is 15.9 Å². The van der Waals surface area contributed by atoms with Crippen molar-refractivity contribution in [2.24, 2.45) is 0 Å². The Bertz CT molecular complexity index is 1190. The fourth-order valence-electron chi connectivity index (χ4n) is 3.04. The zero-order valence-electron chi connectivity index (χ0n) is 16.8. The maximum atomic E-state index is 12.7. The molecule has 6 nitrogen and oxygen atoms in total. The van der Waals surface area contributed by atoms with Gasteiger partial charge in [0.2, 0.25) is 0 Å². The second-order valence-corrected chi connectivity index (χ2v) is 7.00. The van der Waals surface area contributed by atoms with Crippen molar-refractivity contribution in [1.29, 1.82) is 0 Å². The molecule has 0 aliphatic rings. The molecule has 1 amide bonds. The molecule has 0 aliphatic carbocycles. The van der Waals surface area contributed by atoms with Crippen molar-refractivity contribution in [3.63, 3.8) is 0 Å². The van der Waals surface area contributed by atoms with E-state index in [1.54, 1.807) is 30.3 Å². The average molecular weight is 410 g/mol. The van der Waals surface area contributed by atoms with Crippen LogP contribution < -0.4 is 21.5 Å². The van der Waals surface area contributed by atoms with Crippen molar-refractivity contribution < 1.29 is 9.53 Å². The van der Waals surface area contributed by atoms with Crippen LogP contribution >= 0.6 is 0 Å². The highest BCUT2D eigenvalue weighted by Gasteiger charge is 2.09. The minimum atomic E-state index is -0.219. The number of nitrogens with two attached hydrogens (primary N) is 2. The number of carbonyl (C=O) groups excluding carboxylic acids is 1. The summed E-state index contributed by atoms with van der Waals surface area (Å²) in [5.41, 5.74) is 15.7. The fourth-order valence-corrected chi connectivity index (χ4v) is 3.04. The molecular weight excluding hydrogens is 388 g/mol. The Morgan fingerprint density at radius 1 is 0.871 bits per heavy atom. The van der Waals surface area contributed by atoms with Crippen LogP contribution in [0, 0.1) is 0 Å². The molecule has 0 spiro atoms. The topological polar surface area (TPSA) is 103 Å². The SMILES string of the molecule is Nc1ccc(-c2cccc(C(=O)Nc3ccc(OCc4ccccc4)cc3)c2)nc1N. The maximum Gasteiger partial charge on any atom is 0.255 e. The summed E-state index contributed by atoms with van der Waals surface area (Å²) in [4.78, 5) is 17.0. The monoisotopic (exact) mass is 410 g/mol. The van der Waals surface area contributed by atoms with Crippen molar-refractivity contribution in [2.45, 2.75) is 6.61 Å². The number of nitrogens with one attached hydrogen (secondary N) is 1. The first-order chi connectivity index (χ1) is 15.1. The van der Waals surface area contributed by atoms with Gasteiger partial charge >= 0.3 is 0 Å². The molecule has 5 N–H and O–H groups in total. The van der Waals surface area contributed by atoms with Crippen LogP contribution in [0.15, 0.2) is 91.0 Å². The van der Waals surface area contributed by atoms with Gasteiger partial charge in [-0.2, -0.15) is 0 Å². The van der Waals surface area contributed by atoms with Gasteiger partial charge in [-0.15, -0.1) is 0 Å². The quantitative estimate of drug-likeness (QED) is 0.426. The molecule has 0 aliphatic heterocycles. The lowest BCUT2D eigenvalue weighted by molar-refractivity contribution is 0.102. The van der Waals surface area contributed by atoms with Crippen LogP contribution in [0.3, 0.4) is 0 Å². The van der Waals surface area contributed by atoms with Gasteiger partial charge < -0.3 is 21.5 Å². The van der Waals surface area contributed by atoms with E-state index in [4.69, 9.17) is 16.2 Å². The molecule has 4 rings (SSSR count). The zero-order chi connectivity index (χ0) is 21.6. The van der Waals surface area contributed by atoms with Crippen molar-refractivity contribution in [3.8, 4) is 17.0 Å². The molecule has 0 saturated carbocycles. The molecule has 1 heterocycles. The third-order valence-corrected chi connectivity index (χ3v) is 4.74. The molecule has 0 saturated heterocycles. The second kappa shape index (κ2) is 9.00. The molecule has 0 fully saturated rings. The number of ether oxygens (including phenoxy) is 1. The van der Waals surface area contributed by atoms with Crippen molar-refractivity contribution in [3.05, 3.63) is 102 Å². The number of nitrogen functional groups attached to an aromatic ring is 2. The Kier molecular flexibility index (Phi) is 5.80. The molecule has 154 valence electrons. The molecule has 3 aromatic carbocycles. The van der Waals surface area contributed by atoms with E-state index in [1.807, 2.05) is 60.7 Å². The third kappa shape index (κ3) is 5.00. The molecule has 31 heavy (non-hydrogen) atoms. The highest BCUT2D eigenvalue weighted by Crippen LogP contribution is 2.23. The van der Waals surface area contributed by atoms with Crippen LogP contribution in [0.25, 0.3) is 11.3 Å². The molecule has 0 unspecified atom stereocenters. The van der Waals surface area contributed by atoms with E-state index < -0.39 is 0 Å². The largest absolute Gasteiger partial charge is 0.489 e. The van der Waals surface area contributed by atoms with Gasteiger partial charge in [-0.25, -0.2) is 4.98 Å². The van der Waals surface area contributed by atoms with Crippen molar-refractivity contribution in [2.75, 3.05) is 16.8 Å². The molecule has 4 aromatic rings. The lowest BCUT2D eigenvalue weighted by Crippen LogP contribution is -2.11. The Balaban J connectivity index is 1.41. The van der Waals surface area contributed by atoms with Gasteiger partial charge in [0.05, 0.1) is 11.4 Å². The first-order valence-electron chi connectivity index (χ1n) is 9.79. The Morgan fingerprint density at radius 3 is 2.39 bits per heavy atom. The predicted molar refractivity (Wildman–Crippen MR) is 124 cm³/mol. The predicted octanol–water partition coefficient (Wildman–Crippen LogP) is 4.74. The molecule has 0 bridgehead atoms. The summed E-state index contributed by atoms with van der Waals surface area (Å²) >= 11 is 0. The van der Waals surface area contributed by atoms with Crippen LogP contribution in [-0.2, 0) is 6.61 Å². The van der Waals surface area contributed by atoms with Gasteiger partial charge in [0, 0.05) is 16.8 Å². The highest BCUT2D eigenvalue weighted by molar-refractivity contribution is 6.04. The summed E-state index contributed by atoms with van der Waals surface area (Å²) < 4.78 is 5.78. The van der Waals surface area contributed by atoms with Gasteiger partial charge in [-0.05, 0) is 54.1 Å². The minimum absolute atomic E-state index is 0.219. The molecule has 0 atom stereocenters. The van der Waals surface area contributed by atoms with Gasteiger partial charge in [0.1, 0.15) is 18.2 Å². The van der Waals surface area contributed by atoms with Crippen molar-refractivity contribution in [1.82, 2.24) is 4.98 Å². The Labute approximate surface area is 180 Å². The normalized spacial score (nSPS) is 10.5. The van der Waals surface area contributed by atoms with E-state index in [-0.39, 0.29) is 11.7 Å². The Hall–Kier alpha value is -4.32. The summed E-state index contributed by atoms with van der Waals surface area (Å²) in [5.74, 6) is 0.779. The Morgan fingerprint density at radius 2 is 1.65 bits per heavy atom. The number of benzene rings is 3. The second-order valence-electron chi connectivity index (χ2n) is 7.00. The van der Waals surface area contributed by atoms with E-state index in [1.165, 1.54) is 0 Å². The molecular formula is C25H22N4O2. The van der Waals surface area contributed by atoms with Crippen LogP contribution in [0.4, 0.5) is 17.2 Å². The van der Waals surface area contributed by atoms with Crippen LogP contribution in [0.5, 0.6) is 5.75 Å². The van der Waals surface area contributed by atoms with E-state index in [2.05, 4.69) is 10.3 Å². The standard InChI is InChI=1S/C25H22N4O2/c26-22-13-14-23(29-24(22)27)18-7-4-8-19(15-18)25(30)28-20-9-11-21(12-10-20)31-16-17-5-2-1-3-6-17/h1-15H,16,26H2,(H2,27,29)(H,28,30). The van der Waals surface area contributed by atoms with Gasteiger partial charge in [0.15, 0.2) is 0 Å². The number of nitrogens with zero attached hydrogens (tertiary/aromatic N) is 1. The lowest BCUT2D eigenvalue weighted by atomic mass is 10.1. The molecule has 0 radical (unpaired) electrons. The number of aromatic nitrogens is 1. The summed E-state index contributed by atoms with van der Waals surface area (Å²) in [7, 11) is 0. The number of hydrogen-bond acceptors (Lipinski definition) is 5. The van der Waals surface area contributed by atoms with Gasteiger partial charge in [0.25, 0.3) is 5.91 Å². The van der Waals surface area contributed by atoms with Gasteiger partial charge in [-0.3, -0.25) is 4.79 Å².